The molecule has 0 aliphatic rings. The largest absolute Gasteiger partial charge is 0.294 e. The fourth-order valence-electron chi connectivity index (χ4n) is 2.01. The molecule has 0 radical (unpaired) electrons. The van der Waals surface area contributed by atoms with Crippen LogP contribution in [0.4, 0.5) is 0 Å². The third-order valence-corrected chi connectivity index (χ3v) is 3.16. The zero-order chi connectivity index (χ0) is 13.2. The molecule has 0 fully saturated rings. The summed E-state index contributed by atoms with van der Waals surface area (Å²) in [5.74, 6) is -0.443. The lowest BCUT2D eigenvalue weighted by Gasteiger charge is -2.02. The monoisotopic (exact) mass is 246 g/mol. The molecule has 1 aromatic rings. The Morgan fingerprint density at radius 1 is 1.00 bits per heavy atom. The van der Waals surface area contributed by atoms with Gasteiger partial charge in [0.05, 0.1) is 0 Å². The van der Waals surface area contributed by atoms with Gasteiger partial charge in [-0.1, -0.05) is 63.3 Å². The number of benzene rings is 1. The highest BCUT2D eigenvalue weighted by Gasteiger charge is 2.02. The average molecular weight is 246 g/mol. The van der Waals surface area contributed by atoms with Crippen LogP contribution in [0.1, 0.15) is 61.4 Å². The van der Waals surface area contributed by atoms with E-state index in [0.717, 1.165) is 6.42 Å². The van der Waals surface area contributed by atoms with Crippen LogP contribution in [0.2, 0.25) is 0 Å². The first-order valence-electron chi connectivity index (χ1n) is 6.86. The standard InChI is InChI=1S/C16H22O2/c1-2-3-4-5-6-7-8-14-9-11-15(12-10-14)16(18)13-17/h9-13H,2-8H2,1H3. The van der Waals surface area contributed by atoms with Crippen LogP contribution in [0.25, 0.3) is 0 Å². The lowest BCUT2D eigenvalue weighted by atomic mass is 10.0. The molecular weight excluding hydrogens is 224 g/mol. The van der Waals surface area contributed by atoms with E-state index in [1.807, 2.05) is 12.1 Å². The number of aryl methyl sites for hydroxylation is 1. The van der Waals surface area contributed by atoms with E-state index in [0.29, 0.717) is 11.8 Å². The van der Waals surface area contributed by atoms with Crippen molar-refractivity contribution in [2.45, 2.75) is 51.9 Å². The van der Waals surface area contributed by atoms with Crippen molar-refractivity contribution >= 4 is 12.1 Å². The molecule has 0 aliphatic carbocycles. The topological polar surface area (TPSA) is 34.1 Å². The Kier molecular flexibility index (Phi) is 7.00. The van der Waals surface area contributed by atoms with E-state index in [-0.39, 0.29) is 0 Å². The van der Waals surface area contributed by atoms with Crippen molar-refractivity contribution in [3.05, 3.63) is 35.4 Å². The van der Waals surface area contributed by atoms with E-state index in [9.17, 15) is 9.59 Å². The van der Waals surface area contributed by atoms with Crippen molar-refractivity contribution in [1.29, 1.82) is 0 Å². The van der Waals surface area contributed by atoms with E-state index in [1.165, 1.54) is 44.1 Å². The summed E-state index contributed by atoms with van der Waals surface area (Å²) in [5, 5.41) is 0. The van der Waals surface area contributed by atoms with Gasteiger partial charge in [0.1, 0.15) is 0 Å². The molecule has 18 heavy (non-hydrogen) atoms. The van der Waals surface area contributed by atoms with Crippen LogP contribution in [-0.2, 0) is 11.2 Å². The van der Waals surface area contributed by atoms with Crippen LogP contribution in [0.15, 0.2) is 24.3 Å². The minimum absolute atomic E-state index is 0.364. The second-order valence-electron chi connectivity index (χ2n) is 4.70. The maximum atomic E-state index is 11.1. The Bertz CT molecular complexity index is 365. The van der Waals surface area contributed by atoms with Crippen LogP contribution in [0, 0.1) is 0 Å². The molecular formula is C16H22O2. The lowest BCUT2D eigenvalue weighted by molar-refractivity contribution is -0.104. The Morgan fingerprint density at radius 3 is 2.22 bits per heavy atom. The van der Waals surface area contributed by atoms with Crippen molar-refractivity contribution < 1.29 is 9.59 Å². The molecule has 0 amide bonds. The Balaban J connectivity index is 2.27. The Hall–Kier alpha value is -1.44. The molecule has 0 spiro atoms. The molecule has 0 aliphatic heterocycles. The number of rotatable bonds is 9. The summed E-state index contributed by atoms with van der Waals surface area (Å²) in [5.41, 5.74) is 1.73. The number of carbonyl (C=O) groups excluding carboxylic acids is 2. The van der Waals surface area contributed by atoms with Gasteiger partial charge in [0.25, 0.3) is 0 Å². The van der Waals surface area contributed by atoms with Gasteiger partial charge in [-0.3, -0.25) is 9.59 Å². The number of ketones is 1. The van der Waals surface area contributed by atoms with Crippen LogP contribution >= 0.6 is 0 Å². The van der Waals surface area contributed by atoms with Gasteiger partial charge in [-0.05, 0) is 18.4 Å². The second-order valence-corrected chi connectivity index (χ2v) is 4.70. The molecule has 0 heterocycles. The van der Waals surface area contributed by atoms with Gasteiger partial charge in [0, 0.05) is 5.56 Å². The number of unbranched alkanes of at least 4 members (excludes halogenated alkanes) is 5. The quantitative estimate of drug-likeness (QED) is 0.286. The first-order valence-corrected chi connectivity index (χ1v) is 6.86. The predicted molar refractivity (Wildman–Crippen MR) is 73.9 cm³/mol. The Labute approximate surface area is 109 Å². The predicted octanol–water partition coefficient (Wildman–Crippen LogP) is 3.97. The van der Waals surface area contributed by atoms with Crippen molar-refractivity contribution in [3.63, 3.8) is 0 Å². The molecule has 2 heteroatoms. The van der Waals surface area contributed by atoms with Gasteiger partial charge in [0.15, 0.2) is 6.29 Å². The van der Waals surface area contributed by atoms with E-state index in [1.54, 1.807) is 12.1 Å². The fourth-order valence-corrected chi connectivity index (χ4v) is 2.01. The van der Waals surface area contributed by atoms with Crippen molar-refractivity contribution in [2.24, 2.45) is 0 Å². The molecule has 98 valence electrons. The number of Topliss-reactive ketones (excluding diaryl/α,β-unsaturated/α-hetero) is 1. The zero-order valence-corrected chi connectivity index (χ0v) is 11.2. The normalized spacial score (nSPS) is 10.3. The summed E-state index contributed by atoms with van der Waals surface area (Å²) in [6.45, 7) is 2.22. The number of hydrogen-bond donors (Lipinski definition) is 0. The molecule has 0 N–H and O–H groups in total. The first kappa shape index (κ1) is 14.6. The molecule has 0 aromatic heterocycles. The molecule has 1 rings (SSSR count). The highest BCUT2D eigenvalue weighted by molar-refractivity contribution is 6.33. The Morgan fingerprint density at radius 2 is 1.61 bits per heavy atom. The molecule has 0 saturated carbocycles. The van der Waals surface area contributed by atoms with Crippen LogP contribution < -0.4 is 0 Å². The van der Waals surface area contributed by atoms with Gasteiger partial charge >= 0.3 is 0 Å². The van der Waals surface area contributed by atoms with E-state index >= 15 is 0 Å². The number of aldehydes is 1. The second kappa shape index (κ2) is 8.62. The van der Waals surface area contributed by atoms with Crippen LogP contribution in [0.3, 0.4) is 0 Å². The molecule has 0 bridgehead atoms. The first-order chi connectivity index (χ1) is 8.77. The van der Waals surface area contributed by atoms with Gasteiger partial charge in [-0.25, -0.2) is 0 Å². The van der Waals surface area contributed by atoms with Crippen LogP contribution in [-0.4, -0.2) is 12.1 Å². The summed E-state index contributed by atoms with van der Waals surface area (Å²) in [6.07, 6.45) is 9.16. The van der Waals surface area contributed by atoms with Gasteiger partial charge in [-0.2, -0.15) is 0 Å². The highest BCUT2D eigenvalue weighted by atomic mass is 16.2. The van der Waals surface area contributed by atoms with E-state index < -0.39 is 5.78 Å². The molecule has 2 nitrogen and oxygen atoms in total. The molecule has 0 atom stereocenters. The summed E-state index contributed by atoms with van der Waals surface area (Å²) in [6, 6.07) is 7.37. The minimum atomic E-state index is -0.443. The van der Waals surface area contributed by atoms with Crippen molar-refractivity contribution in [2.75, 3.05) is 0 Å². The summed E-state index contributed by atoms with van der Waals surface area (Å²) < 4.78 is 0. The molecule has 1 aromatic carbocycles. The zero-order valence-electron chi connectivity index (χ0n) is 11.2. The SMILES string of the molecule is CCCCCCCCc1ccc(C(=O)C=O)cc1. The number of carbonyl (C=O) groups is 2. The molecule has 0 unspecified atom stereocenters. The summed E-state index contributed by atoms with van der Waals surface area (Å²) in [7, 11) is 0. The molecule has 0 saturated heterocycles. The van der Waals surface area contributed by atoms with Gasteiger partial charge in [0.2, 0.25) is 5.78 Å². The average Bonchev–Trinajstić information content (AvgIpc) is 2.42. The van der Waals surface area contributed by atoms with Crippen molar-refractivity contribution in [1.82, 2.24) is 0 Å². The summed E-state index contributed by atoms with van der Waals surface area (Å²) in [4.78, 5) is 21.5. The third kappa shape index (κ3) is 5.26. The smallest absolute Gasteiger partial charge is 0.225 e. The van der Waals surface area contributed by atoms with Gasteiger partial charge < -0.3 is 0 Å². The lowest BCUT2D eigenvalue weighted by Crippen LogP contribution is -1.99. The van der Waals surface area contributed by atoms with Crippen LogP contribution in [0.5, 0.6) is 0 Å². The minimum Gasteiger partial charge on any atom is -0.294 e. The fraction of sp³-hybridized carbons (Fsp3) is 0.500. The van der Waals surface area contributed by atoms with Crippen molar-refractivity contribution in [3.8, 4) is 0 Å². The maximum Gasteiger partial charge on any atom is 0.225 e. The van der Waals surface area contributed by atoms with E-state index in [2.05, 4.69) is 6.92 Å². The summed E-state index contributed by atoms with van der Waals surface area (Å²) >= 11 is 0. The van der Waals surface area contributed by atoms with E-state index in [4.69, 9.17) is 0 Å². The highest BCUT2D eigenvalue weighted by Crippen LogP contribution is 2.11. The maximum absolute atomic E-state index is 11.1. The third-order valence-electron chi connectivity index (χ3n) is 3.16. The number of hydrogen-bond acceptors (Lipinski definition) is 2. The van der Waals surface area contributed by atoms with Gasteiger partial charge in [-0.15, -0.1) is 0 Å².